The van der Waals surface area contributed by atoms with Crippen LogP contribution in [-0.2, 0) is 0 Å². The number of hydrogen-bond acceptors (Lipinski definition) is 1. The quantitative estimate of drug-likeness (QED) is 0.364. The zero-order valence-corrected chi connectivity index (χ0v) is 11.5. The van der Waals surface area contributed by atoms with Crippen LogP contribution in [0.5, 0.6) is 0 Å². The third-order valence-corrected chi connectivity index (χ3v) is 3.02. The van der Waals surface area contributed by atoms with E-state index >= 15 is 0 Å². The van der Waals surface area contributed by atoms with Crippen LogP contribution < -0.4 is 0 Å². The van der Waals surface area contributed by atoms with Gasteiger partial charge in [-0.15, -0.1) is 0 Å². The molecule has 2 heteroatoms. The average Bonchev–Trinajstić information content (AvgIpc) is 2.25. The number of likely N-dealkylation sites (N-methyl/N-ethyl adjacent to an activating group) is 1. The molecule has 0 atom stereocenters. The van der Waals surface area contributed by atoms with Crippen molar-refractivity contribution in [3.63, 3.8) is 0 Å². The molecule has 0 aliphatic rings. The summed E-state index contributed by atoms with van der Waals surface area (Å²) in [6.07, 6.45) is 6.51. The van der Waals surface area contributed by atoms with E-state index in [-0.39, 0.29) is 4.65 Å². The molecule has 0 heterocycles. The number of nitrogens with zero attached hydrogens (tertiary/aromatic N) is 1. The smallest absolute Gasteiger partial charge is 0.0973 e. The monoisotopic (exact) mass is 225 g/mol. The molecule has 94 valence electrons. The number of rotatable bonds is 7. The first-order valence-electron chi connectivity index (χ1n) is 6.29. The zero-order valence-electron chi connectivity index (χ0n) is 11.5. The van der Waals surface area contributed by atoms with Crippen LogP contribution in [0.25, 0.3) is 0 Å². The van der Waals surface area contributed by atoms with Crippen LogP contribution in [0.15, 0.2) is 23.3 Å². The largest absolute Gasteiger partial charge is 0.633 e. The Hall–Kier alpha value is -0.600. The first-order valence-corrected chi connectivity index (χ1v) is 6.29. The third kappa shape index (κ3) is 6.81. The molecule has 0 aliphatic heterocycles. The van der Waals surface area contributed by atoms with Gasteiger partial charge in [0.25, 0.3) is 0 Å². The Bertz CT molecular complexity index is 245. The molecule has 0 radical (unpaired) electrons. The van der Waals surface area contributed by atoms with Gasteiger partial charge < -0.3 is 9.85 Å². The second-order valence-corrected chi connectivity index (χ2v) is 4.74. The Morgan fingerprint density at radius 1 is 1.06 bits per heavy atom. The maximum atomic E-state index is 12.0. The summed E-state index contributed by atoms with van der Waals surface area (Å²) >= 11 is 0. The van der Waals surface area contributed by atoms with Crippen molar-refractivity contribution >= 4 is 0 Å². The third-order valence-electron chi connectivity index (χ3n) is 3.02. The molecule has 0 aromatic rings. The van der Waals surface area contributed by atoms with Crippen molar-refractivity contribution in [2.45, 2.75) is 47.5 Å². The lowest BCUT2D eigenvalue weighted by Crippen LogP contribution is -2.41. The van der Waals surface area contributed by atoms with Gasteiger partial charge in [-0.2, -0.15) is 0 Å². The summed E-state index contributed by atoms with van der Waals surface area (Å²) in [7, 11) is 0. The Labute approximate surface area is 101 Å². The standard InChI is InChI=1S/C14H27NO/c1-6-15(16,7-2)12-11-14(5)10-8-9-13(3)4/h9,11H,6-8,10,12H2,1-5H3. The highest BCUT2D eigenvalue weighted by atomic mass is 16.5. The van der Waals surface area contributed by atoms with E-state index in [1.165, 1.54) is 11.1 Å². The predicted molar refractivity (Wildman–Crippen MR) is 72.0 cm³/mol. The first-order chi connectivity index (χ1) is 7.43. The number of hydrogen-bond donors (Lipinski definition) is 0. The van der Waals surface area contributed by atoms with E-state index in [0.717, 1.165) is 12.8 Å². The zero-order chi connectivity index (χ0) is 12.6. The van der Waals surface area contributed by atoms with E-state index in [2.05, 4.69) is 32.9 Å². The minimum absolute atomic E-state index is 0.0972. The van der Waals surface area contributed by atoms with Gasteiger partial charge in [0.2, 0.25) is 0 Å². The second kappa shape index (κ2) is 7.64. The van der Waals surface area contributed by atoms with Gasteiger partial charge in [-0.25, -0.2) is 0 Å². The van der Waals surface area contributed by atoms with Crippen LogP contribution >= 0.6 is 0 Å². The second-order valence-electron chi connectivity index (χ2n) is 4.74. The van der Waals surface area contributed by atoms with Crippen molar-refractivity contribution in [2.24, 2.45) is 0 Å². The van der Waals surface area contributed by atoms with Crippen molar-refractivity contribution < 1.29 is 4.65 Å². The molecule has 0 bridgehead atoms. The molecular weight excluding hydrogens is 198 g/mol. The summed E-state index contributed by atoms with van der Waals surface area (Å²) in [4.78, 5) is 0. The summed E-state index contributed by atoms with van der Waals surface area (Å²) in [5.74, 6) is 0. The molecular formula is C14H27NO. The van der Waals surface area contributed by atoms with Crippen LogP contribution in [0.3, 0.4) is 0 Å². The lowest BCUT2D eigenvalue weighted by Gasteiger charge is -2.40. The van der Waals surface area contributed by atoms with E-state index in [0.29, 0.717) is 19.6 Å². The van der Waals surface area contributed by atoms with Crippen molar-refractivity contribution in [3.05, 3.63) is 28.5 Å². The maximum absolute atomic E-state index is 12.0. The molecule has 0 rings (SSSR count). The average molecular weight is 225 g/mol. The van der Waals surface area contributed by atoms with Crippen LogP contribution in [0.4, 0.5) is 0 Å². The normalized spacial score (nSPS) is 12.8. The summed E-state index contributed by atoms with van der Waals surface area (Å²) < 4.78 is -0.0972. The van der Waals surface area contributed by atoms with Gasteiger partial charge in [0.05, 0.1) is 19.6 Å². The fourth-order valence-electron chi connectivity index (χ4n) is 1.49. The van der Waals surface area contributed by atoms with E-state index < -0.39 is 0 Å². The molecule has 0 fully saturated rings. The molecule has 0 amide bonds. The molecule has 0 aliphatic carbocycles. The highest BCUT2D eigenvalue weighted by molar-refractivity contribution is 5.02. The van der Waals surface area contributed by atoms with Gasteiger partial charge >= 0.3 is 0 Å². The molecule has 2 nitrogen and oxygen atoms in total. The summed E-state index contributed by atoms with van der Waals surface area (Å²) in [6, 6.07) is 0. The molecule has 16 heavy (non-hydrogen) atoms. The number of hydroxylamine groups is 3. The van der Waals surface area contributed by atoms with Crippen molar-refractivity contribution in [2.75, 3.05) is 19.6 Å². The topological polar surface area (TPSA) is 23.1 Å². The fraction of sp³-hybridized carbons (Fsp3) is 0.714. The van der Waals surface area contributed by atoms with Gasteiger partial charge in [-0.05, 0) is 53.5 Å². The van der Waals surface area contributed by atoms with E-state index in [1.54, 1.807) is 0 Å². The predicted octanol–water partition coefficient (Wildman–Crippen LogP) is 4.03. The van der Waals surface area contributed by atoms with Crippen molar-refractivity contribution in [3.8, 4) is 0 Å². The molecule has 0 saturated heterocycles. The van der Waals surface area contributed by atoms with Crippen molar-refractivity contribution in [1.29, 1.82) is 0 Å². The van der Waals surface area contributed by atoms with Crippen LogP contribution in [0.1, 0.15) is 47.5 Å². The molecule has 0 saturated carbocycles. The molecule has 0 N–H and O–H groups in total. The molecule has 0 aromatic carbocycles. The SMILES string of the molecule is CC[N+]([O-])(CC)CC=C(C)CCC=C(C)C. The Morgan fingerprint density at radius 2 is 1.62 bits per heavy atom. The Kier molecular flexibility index (Phi) is 7.35. The summed E-state index contributed by atoms with van der Waals surface area (Å²) in [6.45, 7) is 12.2. The molecule has 0 spiro atoms. The van der Waals surface area contributed by atoms with Gasteiger partial charge in [0.15, 0.2) is 0 Å². The Morgan fingerprint density at radius 3 is 2.06 bits per heavy atom. The summed E-state index contributed by atoms with van der Waals surface area (Å²) in [5.41, 5.74) is 2.70. The van der Waals surface area contributed by atoms with Gasteiger partial charge in [0, 0.05) is 0 Å². The fourth-order valence-corrected chi connectivity index (χ4v) is 1.49. The van der Waals surface area contributed by atoms with E-state index in [9.17, 15) is 5.21 Å². The molecule has 0 aromatic heterocycles. The van der Waals surface area contributed by atoms with E-state index in [1.807, 2.05) is 13.8 Å². The highest BCUT2D eigenvalue weighted by Gasteiger charge is 2.08. The highest BCUT2D eigenvalue weighted by Crippen LogP contribution is 2.09. The van der Waals surface area contributed by atoms with Gasteiger partial charge in [-0.3, -0.25) is 0 Å². The first kappa shape index (κ1) is 15.4. The van der Waals surface area contributed by atoms with Crippen LogP contribution in [0.2, 0.25) is 0 Å². The lowest BCUT2D eigenvalue weighted by molar-refractivity contribution is -0.871. The summed E-state index contributed by atoms with van der Waals surface area (Å²) in [5, 5.41) is 12.0. The minimum Gasteiger partial charge on any atom is -0.633 e. The minimum atomic E-state index is -0.0972. The Balaban J connectivity index is 4.08. The van der Waals surface area contributed by atoms with Crippen LogP contribution in [-0.4, -0.2) is 24.3 Å². The van der Waals surface area contributed by atoms with E-state index in [4.69, 9.17) is 0 Å². The molecule has 0 unspecified atom stereocenters. The maximum Gasteiger partial charge on any atom is 0.0973 e. The van der Waals surface area contributed by atoms with Crippen molar-refractivity contribution in [1.82, 2.24) is 0 Å². The lowest BCUT2D eigenvalue weighted by atomic mass is 10.1. The number of allylic oxidation sites excluding steroid dienone is 3. The number of quaternary nitrogens is 1. The van der Waals surface area contributed by atoms with Gasteiger partial charge in [-0.1, -0.05) is 17.2 Å². The van der Waals surface area contributed by atoms with Gasteiger partial charge in [0.1, 0.15) is 0 Å². The van der Waals surface area contributed by atoms with Crippen LogP contribution in [0, 0.1) is 5.21 Å².